The number of ether oxygens (including phenoxy) is 1. The van der Waals surface area contributed by atoms with Crippen molar-refractivity contribution >= 4 is 5.91 Å². The van der Waals surface area contributed by atoms with Crippen LogP contribution in [0.2, 0.25) is 0 Å². The minimum Gasteiger partial charge on any atom is -0.480 e. The predicted molar refractivity (Wildman–Crippen MR) is 88.9 cm³/mol. The van der Waals surface area contributed by atoms with Crippen LogP contribution in [-0.4, -0.2) is 12.0 Å². The molecule has 0 aliphatic carbocycles. The molecule has 0 fully saturated rings. The third-order valence-corrected chi connectivity index (χ3v) is 3.66. The first-order valence-corrected chi connectivity index (χ1v) is 7.75. The zero-order valence-corrected chi connectivity index (χ0v) is 13.7. The molecule has 4 heteroatoms. The number of hydrogen-bond donors (Lipinski definition) is 1. The van der Waals surface area contributed by atoms with E-state index in [9.17, 15) is 9.18 Å². The second-order valence-corrected chi connectivity index (χ2v) is 5.63. The highest BCUT2D eigenvalue weighted by atomic mass is 19.1. The molecule has 122 valence electrons. The number of carbonyl (C=O) groups excluding carboxylic acids is 1. The molecular formula is C19H22FNO2. The van der Waals surface area contributed by atoms with Gasteiger partial charge in [0.2, 0.25) is 0 Å². The Balaban J connectivity index is 1.98. The van der Waals surface area contributed by atoms with Gasteiger partial charge in [0, 0.05) is 6.54 Å². The average molecular weight is 315 g/mol. The van der Waals surface area contributed by atoms with Crippen LogP contribution in [0.4, 0.5) is 4.39 Å². The lowest BCUT2D eigenvalue weighted by Crippen LogP contribution is -2.37. The van der Waals surface area contributed by atoms with Crippen LogP contribution < -0.4 is 10.1 Å². The van der Waals surface area contributed by atoms with Gasteiger partial charge in [-0.15, -0.1) is 0 Å². The van der Waals surface area contributed by atoms with E-state index < -0.39 is 6.10 Å². The molecule has 2 aromatic rings. The summed E-state index contributed by atoms with van der Waals surface area (Å²) in [5, 5.41) is 2.84. The normalized spacial score (nSPS) is 11.8. The molecule has 2 rings (SSSR count). The smallest absolute Gasteiger partial charge is 0.261 e. The van der Waals surface area contributed by atoms with E-state index in [0.717, 1.165) is 22.4 Å². The van der Waals surface area contributed by atoms with Crippen molar-refractivity contribution in [3.05, 3.63) is 65.0 Å². The number of nitrogens with one attached hydrogen (secondary N) is 1. The minimum absolute atomic E-state index is 0.169. The highest BCUT2D eigenvalue weighted by molar-refractivity contribution is 5.81. The predicted octanol–water partition coefficient (Wildman–Crippen LogP) is 3.92. The largest absolute Gasteiger partial charge is 0.480 e. The van der Waals surface area contributed by atoms with Gasteiger partial charge < -0.3 is 10.1 Å². The van der Waals surface area contributed by atoms with Crippen LogP contribution in [0.25, 0.3) is 0 Å². The van der Waals surface area contributed by atoms with Gasteiger partial charge in [-0.1, -0.05) is 31.2 Å². The zero-order chi connectivity index (χ0) is 16.8. The molecule has 0 heterocycles. The second kappa shape index (κ2) is 7.77. The van der Waals surface area contributed by atoms with Gasteiger partial charge in [0.1, 0.15) is 11.6 Å². The third-order valence-electron chi connectivity index (χ3n) is 3.66. The zero-order valence-electron chi connectivity index (χ0n) is 13.7. The lowest BCUT2D eigenvalue weighted by molar-refractivity contribution is -0.128. The van der Waals surface area contributed by atoms with Gasteiger partial charge in [0.25, 0.3) is 5.91 Å². The van der Waals surface area contributed by atoms with Crippen LogP contribution >= 0.6 is 0 Å². The average Bonchev–Trinajstić information content (AvgIpc) is 2.54. The molecule has 3 nitrogen and oxygen atoms in total. The molecule has 1 N–H and O–H groups in total. The van der Waals surface area contributed by atoms with Crippen LogP contribution in [-0.2, 0) is 11.3 Å². The molecule has 23 heavy (non-hydrogen) atoms. The summed E-state index contributed by atoms with van der Waals surface area (Å²) < 4.78 is 18.7. The second-order valence-electron chi connectivity index (χ2n) is 5.63. The van der Waals surface area contributed by atoms with E-state index in [0.29, 0.717) is 13.0 Å². The Labute approximate surface area is 136 Å². The molecule has 0 radical (unpaired) electrons. The topological polar surface area (TPSA) is 38.3 Å². The number of carbonyl (C=O) groups is 1. The van der Waals surface area contributed by atoms with E-state index in [4.69, 9.17) is 4.74 Å². The quantitative estimate of drug-likeness (QED) is 0.877. The molecule has 1 atom stereocenters. The summed E-state index contributed by atoms with van der Waals surface area (Å²) in [7, 11) is 0. The van der Waals surface area contributed by atoms with E-state index in [1.54, 1.807) is 12.1 Å². The summed E-state index contributed by atoms with van der Waals surface area (Å²) in [6.07, 6.45) is 0.0266. The monoisotopic (exact) mass is 315 g/mol. The molecule has 0 aliphatic rings. The van der Waals surface area contributed by atoms with Crippen molar-refractivity contribution in [1.82, 2.24) is 5.32 Å². The molecule has 2 aromatic carbocycles. The van der Waals surface area contributed by atoms with E-state index in [2.05, 4.69) is 5.32 Å². The Bertz CT molecular complexity index is 668. The maximum absolute atomic E-state index is 12.9. The number of benzene rings is 2. The summed E-state index contributed by atoms with van der Waals surface area (Å²) in [5.74, 6) is 0.274. The van der Waals surface area contributed by atoms with Crippen LogP contribution in [0.3, 0.4) is 0 Å². The summed E-state index contributed by atoms with van der Waals surface area (Å²) in [6, 6.07) is 12.0. The Morgan fingerprint density at radius 2 is 1.87 bits per heavy atom. The molecule has 0 aromatic heterocycles. The molecular weight excluding hydrogens is 293 g/mol. The van der Waals surface area contributed by atoms with Gasteiger partial charge in [-0.05, 0) is 55.2 Å². The van der Waals surface area contributed by atoms with E-state index in [1.807, 2.05) is 39.0 Å². The maximum Gasteiger partial charge on any atom is 0.261 e. The van der Waals surface area contributed by atoms with Gasteiger partial charge in [0.15, 0.2) is 6.10 Å². The first-order valence-electron chi connectivity index (χ1n) is 7.75. The number of halogens is 1. The van der Waals surface area contributed by atoms with Crippen molar-refractivity contribution in [2.75, 3.05) is 0 Å². The van der Waals surface area contributed by atoms with Crippen LogP contribution in [0.1, 0.15) is 30.0 Å². The summed E-state index contributed by atoms with van der Waals surface area (Å²) in [5.41, 5.74) is 2.94. The van der Waals surface area contributed by atoms with E-state index >= 15 is 0 Å². The first-order chi connectivity index (χ1) is 11.0. The summed E-state index contributed by atoms with van der Waals surface area (Å²) >= 11 is 0. The standard InChI is InChI=1S/C19H22FNO2/c1-4-17(23-18-11-13(2)5-6-14(18)3)19(22)21-12-15-7-9-16(20)10-8-15/h5-11,17H,4,12H2,1-3H3,(H,21,22)/t17-/m1/s1. The molecule has 0 unspecified atom stereocenters. The fourth-order valence-electron chi connectivity index (χ4n) is 2.22. The van der Waals surface area contributed by atoms with Crippen molar-refractivity contribution in [2.24, 2.45) is 0 Å². The molecule has 0 spiro atoms. The number of hydrogen-bond acceptors (Lipinski definition) is 2. The van der Waals surface area contributed by atoms with Gasteiger partial charge in [0.05, 0.1) is 0 Å². The lowest BCUT2D eigenvalue weighted by Gasteiger charge is -2.19. The van der Waals surface area contributed by atoms with Gasteiger partial charge in [-0.3, -0.25) is 4.79 Å². The lowest BCUT2D eigenvalue weighted by atomic mass is 10.1. The van der Waals surface area contributed by atoms with Gasteiger partial charge in [-0.2, -0.15) is 0 Å². The van der Waals surface area contributed by atoms with E-state index in [1.165, 1.54) is 12.1 Å². The Hall–Kier alpha value is -2.36. The van der Waals surface area contributed by atoms with Gasteiger partial charge in [-0.25, -0.2) is 4.39 Å². The Morgan fingerprint density at radius 3 is 2.52 bits per heavy atom. The van der Waals surface area contributed by atoms with Gasteiger partial charge >= 0.3 is 0 Å². The Kier molecular flexibility index (Phi) is 5.74. The third kappa shape index (κ3) is 4.81. The fraction of sp³-hybridized carbons (Fsp3) is 0.316. The van der Waals surface area contributed by atoms with Crippen LogP contribution in [0, 0.1) is 19.7 Å². The highest BCUT2D eigenvalue weighted by Gasteiger charge is 2.18. The van der Waals surface area contributed by atoms with Crippen molar-refractivity contribution in [3.63, 3.8) is 0 Å². The number of aryl methyl sites for hydroxylation is 2. The molecule has 0 aliphatic heterocycles. The van der Waals surface area contributed by atoms with Crippen LogP contribution in [0.15, 0.2) is 42.5 Å². The number of rotatable bonds is 6. The first kappa shape index (κ1) is 17.0. The molecule has 0 bridgehead atoms. The number of amides is 1. The van der Waals surface area contributed by atoms with Crippen molar-refractivity contribution in [1.29, 1.82) is 0 Å². The summed E-state index contributed by atoms with van der Waals surface area (Å²) in [4.78, 5) is 12.3. The van der Waals surface area contributed by atoms with Crippen molar-refractivity contribution in [2.45, 2.75) is 39.8 Å². The Morgan fingerprint density at radius 1 is 1.17 bits per heavy atom. The van der Waals surface area contributed by atoms with E-state index in [-0.39, 0.29) is 11.7 Å². The fourth-order valence-corrected chi connectivity index (χ4v) is 2.22. The highest BCUT2D eigenvalue weighted by Crippen LogP contribution is 2.21. The maximum atomic E-state index is 12.9. The van der Waals surface area contributed by atoms with Crippen molar-refractivity contribution in [3.8, 4) is 5.75 Å². The van der Waals surface area contributed by atoms with Crippen LogP contribution in [0.5, 0.6) is 5.75 Å². The summed E-state index contributed by atoms with van der Waals surface area (Å²) in [6.45, 7) is 6.21. The SMILES string of the molecule is CC[C@@H](Oc1cc(C)ccc1C)C(=O)NCc1ccc(F)cc1. The minimum atomic E-state index is -0.545. The molecule has 0 saturated carbocycles. The molecule has 0 saturated heterocycles. The molecule has 1 amide bonds. The van der Waals surface area contributed by atoms with Crippen molar-refractivity contribution < 1.29 is 13.9 Å².